The van der Waals surface area contributed by atoms with Gasteiger partial charge in [-0.25, -0.2) is 14.3 Å². The van der Waals surface area contributed by atoms with Gasteiger partial charge < -0.3 is 14.7 Å². The van der Waals surface area contributed by atoms with Crippen molar-refractivity contribution in [2.24, 2.45) is 0 Å². The van der Waals surface area contributed by atoms with E-state index in [2.05, 4.69) is 26.2 Å². The van der Waals surface area contributed by atoms with Crippen LogP contribution >= 0.6 is 15.9 Å². The van der Waals surface area contributed by atoms with Crippen LogP contribution in [0.5, 0.6) is 0 Å². The molecule has 7 rings (SSSR count). The van der Waals surface area contributed by atoms with Crippen molar-refractivity contribution in [1.82, 2.24) is 14.5 Å². The van der Waals surface area contributed by atoms with Crippen LogP contribution < -0.4 is 16.6 Å². The van der Waals surface area contributed by atoms with E-state index in [-0.39, 0.29) is 11.1 Å². The fourth-order valence-corrected chi connectivity index (χ4v) is 5.64. The summed E-state index contributed by atoms with van der Waals surface area (Å²) in [6.07, 6.45) is 0. The molecule has 0 unspecified atom stereocenters. The molecule has 0 bridgehead atoms. The van der Waals surface area contributed by atoms with Crippen LogP contribution in [0.15, 0.2) is 116 Å². The lowest BCUT2D eigenvalue weighted by Crippen LogP contribution is -2.33. The molecule has 2 aromatic heterocycles. The van der Waals surface area contributed by atoms with E-state index in [0.717, 1.165) is 30.9 Å². The number of anilines is 1. The first-order valence-electron chi connectivity index (χ1n) is 13.1. The maximum atomic E-state index is 13.2. The molecule has 0 atom stereocenters. The second kappa shape index (κ2) is 9.97. The summed E-state index contributed by atoms with van der Waals surface area (Å²) in [5.74, 6) is 0.0783. The Labute approximate surface area is 246 Å². The molecule has 5 aromatic carbocycles. The van der Waals surface area contributed by atoms with E-state index in [4.69, 9.17) is 9.40 Å². The van der Waals surface area contributed by atoms with E-state index in [1.165, 1.54) is 6.07 Å². The van der Waals surface area contributed by atoms with E-state index in [1.807, 2.05) is 49.4 Å². The summed E-state index contributed by atoms with van der Waals surface area (Å²) in [6, 6.07) is 28.9. The van der Waals surface area contributed by atoms with Crippen molar-refractivity contribution in [3.8, 4) is 17.1 Å². The molecule has 2 N–H and O–H groups in total. The fourth-order valence-electron chi connectivity index (χ4n) is 5.14. The first-order chi connectivity index (χ1) is 20.4. The van der Waals surface area contributed by atoms with Crippen molar-refractivity contribution >= 4 is 60.3 Å². The Morgan fingerprint density at radius 2 is 1.69 bits per heavy atom. The van der Waals surface area contributed by atoms with Gasteiger partial charge in [-0.15, -0.1) is 0 Å². The maximum absolute atomic E-state index is 13.2. The van der Waals surface area contributed by atoms with Gasteiger partial charge in [0.1, 0.15) is 5.52 Å². The van der Waals surface area contributed by atoms with Crippen molar-refractivity contribution in [1.29, 1.82) is 0 Å². The summed E-state index contributed by atoms with van der Waals surface area (Å²) in [7, 11) is 0. The molecule has 0 saturated carbocycles. The lowest BCUT2D eigenvalue weighted by atomic mass is 10.0. The van der Waals surface area contributed by atoms with Crippen molar-refractivity contribution in [3.63, 3.8) is 0 Å². The van der Waals surface area contributed by atoms with Gasteiger partial charge in [-0.05, 0) is 83.9 Å². The Balaban J connectivity index is 1.19. The highest BCUT2D eigenvalue weighted by Crippen LogP contribution is 2.34. The number of aromatic nitrogens is 3. The third-order valence-electron chi connectivity index (χ3n) is 7.16. The average molecular weight is 617 g/mol. The molecule has 8 nitrogen and oxygen atoms in total. The Hall–Kier alpha value is -5.28. The average Bonchev–Trinajstić information content (AvgIpc) is 3.40. The lowest BCUT2D eigenvalue weighted by Gasteiger charge is -2.09. The molecule has 0 aliphatic rings. The van der Waals surface area contributed by atoms with E-state index in [9.17, 15) is 14.4 Å². The summed E-state index contributed by atoms with van der Waals surface area (Å²) in [5.41, 5.74) is 3.49. The van der Waals surface area contributed by atoms with Crippen LogP contribution in [0.25, 0.3) is 49.9 Å². The van der Waals surface area contributed by atoms with Crippen LogP contribution in [0.2, 0.25) is 0 Å². The molecule has 2 heterocycles. The number of hydrogen-bond donors (Lipinski definition) is 2. The highest BCUT2D eigenvalue weighted by Gasteiger charge is 2.16. The number of fused-ring (bicyclic) bond motifs is 3. The Morgan fingerprint density at radius 1 is 0.881 bits per heavy atom. The number of hydrogen-bond acceptors (Lipinski definition) is 5. The molecule has 0 aliphatic carbocycles. The largest absolute Gasteiger partial charge is 0.436 e. The highest BCUT2D eigenvalue weighted by atomic mass is 79.9. The minimum atomic E-state index is -0.582. The zero-order valence-electron chi connectivity index (χ0n) is 22.1. The molecule has 0 saturated heterocycles. The number of carbonyl (C=O) groups is 1. The molecule has 204 valence electrons. The molecule has 0 fully saturated rings. The standard InChI is InChI=1S/C33H21BrN4O4/c1-18-5-2-6-21(15-18)38-32(40)25-13-11-19(16-27(25)37-33(38)41)30(39)35-20-12-14-29-28(17-20)36-31(42-29)24-9-3-8-23-22(24)7-4-10-26(23)34/h2-17H,1H3,(H,35,39)(H,37,41). The number of carbonyl (C=O) groups excluding carboxylic acids is 1. The van der Waals surface area contributed by atoms with Gasteiger partial charge in [0.05, 0.1) is 16.6 Å². The molecular weight excluding hydrogens is 596 g/mol. The van der Waals surface area contributed by atoms with E-state index >= 15 is 0 Å². The van der Waals surface area contributed by atoms with Crippen LogP contribution in [-0.4, -0.2) is 20.4 Å². The number of aryl methyl sites for hydroxylation is 1. The molecule has 0 aliphatic heterocycles. The number of halogens is 1. The number of benzene rings is 5. The zero-order chi connectivity index (χ0) is 29.0. The number of H-pyrrole nitrogens is 1. The van der Waals surface area contributed by atoms with Gasteiger partial charge in [0.2, 0.25) is 5.89 Å². The normalized spacial score (nSPS) is 11.4. The van der Waals surface area contributed by atoms with Gasteiger partial charge in [0.25, 0.3) is 11.5 Å². The topological polar surface area (TPSA) is 110 Å². The summed E-state index contributed by atoms with van der Waals surface area (Å²) in [4.78, 5) is 46.6. The zero-order valence-corrected chi connectivity index (χ0v) is 23.7. The minimum absolute atomic E-state index is 0.278. The van der Waals surface area contributed by atoms with Crippen molar-refractivity contribution in [2.45, 2.75) is 6.92 Å². The fraction of sp³-hybridized carbons (Fsp3) is 0.0303. The van der Waals surface area contributed by atoms with Gasteiger partial charge >= 0.3 is 5.69 Å². The third kappa shape index (κ3) is 4.40. The third-order valence-corrected chi connectivity index (χ3v) is 7.86. The molecule has 42 heavy (non-hydrogen) atoms. The van der Waals surface area contributed by atoms with Crippen molar-refractivity contribution in [3.05, 3.63) is 133 Å². The summed E-state index contributed by atoms with van der Waals surface area (Å²) in [6.45, 7) is 1.89. The Kier molecular flexibility index (Phi) is 6.09. The number of nitrogens with one attached hydrogen (secondary N) is 2. The van der Waals surface area contributed by atoms with E-state index < -0.39 is 17.2 Å². The highest BCUT2D eigenvalue weighted by molar-refractivity contribution is 9.10. The van der Waals surface area contributed by atoms with E-state index in [1.54, 1.807) is 48.5 Å². The summed E-state index contributed by atoms with van der Waals surface area (Å²) in [5, 5.41) is 5.23. The molecule has 9 heteroatoms. The summed E-state index contributed by atoms with van der Waals surface area (Å²) < 4.78 is 8.14. The maximum Gasteiger partial charge on any atom is 0.333 e. The van der Waals surface area contributed by atoms with Gasteiger partial charge in [-0.1, -0.05) is 52.3 Å². The molecule has 1 amide bonds. The van der Waals surface area contributed by atoms with Gasteiger partial charge in [0.15, 0.2) is 5.58 Å². The number of rotatable bonds is 4. The monoisotopic (exact) mass is 616 g/mol. The van der Waals surface area contributed by atoms with Gasteiger partial charge in [-0.3, -0.25) is 9.59 Å². The van der Waals surface area contributed by atoms with Crippen molar-refractivity contribution in [2.75, 3.05) is 5.32 Å². The van der Waals surface area contributed by atoms with Crippen molar-refractivity contribution < 1.29 is 9.21 Å². The van der Waals surface area contributed by atoms with E-state index in [0.29, 0.717) is 33.8 Å². The van der Waals surface area contributed by atoms with Crippen LogP contribution in [0.3, 0.4) is 0 Å². The Bertz CT molecular complexity index is 2330. The Morgan fingerprint density at radius 3 is 2.55 bits per heavy atom. The number of nitrogens with zero attached hydrogens (tertiary/aromatic N) is 2. The van der Waals surface area contributed by atoms with Crippen LogP contribution in [-0.2, 0) is 0 Å². The van der Waals surface area contributed by atoms with Crippen LogP contribution in [0, 0.1) is 6.92 Å². The SMILES string of the molecule is Cc1cccc(-n2c(=O)[nH]c3cc(C(=O)Nc4ccc5oc(-c6cccc7c(Br)cccc67)nc5c4)ccc3c2=O)c1. The molecule has 0 spiro atoms. The molecular formula is C33H21BrN4O4. The molecule has 0 radical (unpaired) electrons. The predicted molar refractivity (Wildman–Crippen MR) is 168 cm³/mol. The number of aromatic amines is 1. The summed E-state index contributed by atoms with van der Waals surface area (Å²) >= 11 is 3.60. The molecule has 7 aromatic rings. The van der Waals surface area contributed by atoms with Crippen LogP contribution in [0.1, 0.15) is 15.9 Å². The first kappa shape index (κ1) is 25.7. The van der Waals surface area contributed by atoms with Crippen LogP contribution in [0.4, 0.5) is 5.69 Å². The quantitative estimate of drug-likeness (QED) is 0.222. The second-order valence-electron chi connectivity index (χ2n) is 9.97. The number of amides is 1. The predicted octanol–water partition coefficient (Wildman–Crippen LogP) is 6.96. The second-order valence-corrected chi connectivity index (χ2v) is 10.8. The first-order valence-corrected chi connectivity index (χ1v) is 13.9. The lowest BCUT2D eigenvalue weighted by molar-refractivity contribution is 0.102. The van der Waals surface area contributed by atoms with Gasteiger partial charge in [-0.2, -0.15) is 0 Å². The minimum Gasteiger partial charge on any atom is -0.436 e. The number of oxazole rings is 1. The van der Waals surface area contributed by atoms with Gasteiger partial charge in [0, 0.05) is 21.3 Å². The smallest absolute Gasteiger partial charge is 0.333 e.